The predicted molar refractivity (Wildman–Crippen MR) is 78.3 cm³/mol. The van der Waals surface area contributed by atoms with E-state index >= 15 is 0 Å². The molecular formula is C15H24N2O3. The lowest BCUT2D eigenvalue weighted by Gasteiger charge is -2.34. The Hall–Kier alpha value is -1.62. The van der Waals surface area contributed by atoms with E-state index in [4.69, 9.17) is 9.47 Å². The van der Waals surface area contributed by atoms with Crippen LogP contribution in [-0.4, -0.2) is 36.6 Å². The van der Waals surface area contributed by atoms with E-state index in [0.717, 1.165) is 12.8 Å². The topological polar surface area (TPSA) is 60.5 Å². The first-order valence-electron chi connectivity index (χ1n) is 7.09. The van der Waals surface area contributed by atoms with E-state index in [1.807, 2.05) is 20.9 Å². The zero-order chi connectivity index (χ0) is 15.0. The number of nitrogens with one attached hydrogen (secondary N) is 1. The maximum atomic E-state index is 10.8. The number of Topliss-reactive ketones (excluding diaryl/α,β-unsaturated/α-hetero) is 1. The quantitative estimate of drug-likeness (QED) is 0.865. The van der Waals surface area contributed by atoms with Crippen LogP contribution in [0.5, 0.6) is 11.6 Å². The number of ether oxygens (including phenoxy) is 2. The SMILES string of the molecule is CC.CNC1CC(Oc2ccc(OCC(C)=O)cn2)C1. The van der Waals surface area contributed by atoms with Crippen molar-refractivity contribution in [2.75, 3.05) is 13.7 Å². The molecular weight excluding hydrogens is 256 g/mol. The van der Waals surface area contributed by atoms with Crippen molar-refractivity contribution in [3.05, 3.63) is 18.3 Å². The summed E-state index contributed by atoms with van der Waals surface area (Å²) in [4.78, 5) is 14.9. The normalized spacial score (nSPS) is 20.2. The highest BCUT2D eigenvalue weighted by Crippen LogP contribution is 2.25. The Labute approximate surface area is 120 Å². The molecule has 0 aliphatic heterocycles. The van der Waals surface area contributed by atoms with Gasteiger partial charge in [-0.1, -0.05) is 13.8 Å². The van der Waals surface area contributed by atoms with Crippen molar-refractivity contribution in [3.63, 3.8) is 0 Å². The molecule has 5 nitrogen and oxygen atoms in total. The van der Waals surface area contributed by atoms with Gasteiger partial charge in [-0.25, -0.2) is 4.98 Å². The minimum absolute atomic E-state index is 0.0112. The van der Waals surface area contributed by atoms with E-state index < -0.39 is 0 Å². The summed E-state index contributed by atoms with van der Waals surface area (Å²) in [6.45, 7) is 5.56. The molecule has 0 saturated heterocycles. The van der Waals surface area contributed by atoms with Crippen molar-refractivity contribution in [2.45, 2.75) is 45.8 Å². The first kappa shape index (κ1) is 16.4. The van der Waals surface area contributed by atoms with Crippen LogP contribution >= 0.6 is 0 Å². The van der Waals surface area contributed by atoms with Crippen molar-refractivity contribution in [1.29, 1.82) is 0 Å². The Balaban J connectivity index is 0.000000956. The fourth-order valence-electron chi connectivity index (χ4n) is 1.78. The van der Waals surface area contributed by atoms with Crippen LogP contribution in [-0.2, 0) is 4.79 Å². The van der Waals surface area contributed by atoms with Crippen LogP contribution in [0, 0.1) is 0 Å². The molecule has 1 aliphatic carbocycles. The summed E-state index contributed by atoms with van der Waals surface area (Å²) in [6, 6.07) is 4.09. The molecule has 0 bridgehead atoms. The lowest BCUT2D eigenvalue weighted by molar-refractivity contribution is -0.118. The van der Waals surface area contributed by atoms with E-state index in [-0.39, 0.29) is 18.5 Å². The van der Waals surface area contributed by atoms with Gasteiger partial charge in [-0.3, -0.25) is 4.79 Å². The van der Waals surface area contributed by atoms with E-state index in [9.17, 15) is 4.79 Å². The third kappa shape index (κ3) is 5.17. The number of ketones is 1. The number of hydrogen-bond acceptors (Lipinski definition) is 5. The van der Waals surface area contributed by atoms with Gasteiger partial charge in [-0.2, -0.15) is 0 Å². The number of carbonyl (C=O) groups is 1. The summed E-state index contributed by atoms with van der Waals surface area (Å²) in [5.74, 6) is 1.17. The molecule has 1 heterocycles. The summed E-state index contributed by atoms with van der Waals surface area (Å²) >= 11 is 0. The maximum absolute atomic E-state index is 10.8. The molecule has 0 spiro atoms. The lowest BCUT2D eigenvalue weighted by atomic mass is 9.89. The van der Waals surface area contributed by atoms with E-state index in [2.05, 4.69) is 10.3 Å². The van der Waals surface area contributed by atoms with Gasteiger partial charge in [0.15, 0.2) is 5.78 Å². The smallest absolute Gasteiger partial charge is 0.213 e. The molecule has 2 rings (SSSR count). The molecule has 112 valence electrons. The number of carbonyl (C=O) groups excluding carboxylic acids is 1. The highest BCUT2D eigenvalue weighted by molar-refractivity contribution is 5.77. The first-order chi connectivity index (χ1) is 9.67. The molecule has 0 amide bonds. The summed E-state index contributed by atoms with van der Waals surface area (Å²) in [5.41, 5.74) is 0. The summed E-state index contributed by atoms with van der Waals surface area (Å²) in [7, 11) is 1.96. The molecule has 1 aromatic heterocycles. The number of hydrogen-bond donors (Lipinski definition) is 1. The summed E-state index contributed by atoms with van der Waals surface area (Å²) < 4.78 is 10.9. The predicted octanol–water partition coefficient (Wildman–Crippen LogP) is 2.20. The van der Waals surface area contributed by atoms with Gasteiger partial charge in [0.25, 0.3) is 0 Å². The molecule has 20 heavy (non-hydrogen) atoms. The van der Waals surface area contributed by atoms with Gasteiger partial charge >= 0.3 is 0 Å². The lowest BCUT2D eigenvalue weighted by Crippen LogP contribution is -2.45. The van der Waals surface area contributed by atoms with E-state index in [1.165, 1.54) is 6.92 Å². The third-order valence-electron chi connectivity index (χ3n) is 2.94. The van der Waals surface area contributed by atoms with Crippen LogP contribution in [0.1, 0.15) is 33.6 Å². The van der Waals surface area contributed by atoms with Crippen LogP contribution in [0.2, 0.25) is 0 Å². The van der Waals surface area contributed by atoms with E-state index in [0.29, 0.717) is 17.7 Å². The van der Waals surface area contributed by atoms with E-state index in [1.54, 1.807) is 18.3 Å². The fourth-order valence-corrected chi connectivity index (χ4v) is 1.78. The first-order valence-corrected chi connectivity index (χ1v) is 7.09. The molecule has 0 aromatic carbocycles. The zero-order valence-corrected chi connectivity index (χ0v) is 12.7. The van der Waals surface area contributed by atoms with Gasteiger partial charge in [-0.15, -0.1) is 0 Å². The fraction of sp³-hybridized carbons (Fsp3) is 0.600. The van der Waals surface area contributed by atoms with Gasteiger partial charge in [0.2, 0.25) is 5.88 Å². The number of aromatic nitrogens is 1. The highest BCUT2D eigenvalue weighted by atomic mass is 16.5. The van der Waals surface area contributed by atoms with Gasteiger partial charge in [-0.05, 0) is 32.9 Å². The molecule has 0 unspecified atom stereocenters. The van der Waals surface area contributed by atoms with Crippen LogP contribution in [0.25, 0.3) is 0 Å². The standard InChI is InChI=1S/C13H18N2O3.C2H6/c1-9(16)8-17-11-3-4-13(15-7-11)18-12-5-10(6-12)14-2;1-2/h3-4,7,10,12,14H,5-6,8H2,1-2H3;1-2H3. The van der Waals surface area contributed by atoms with Crippen LogP contribution < -0.4 is 14.8 Å². The minimum Gasteiger partial charge on any atom is -0.484 e. The average Bonchev–Trinajstić information content (AvgIpc) is 2.43. The molecule has 1 aliphatic rings. The van der Waals surface area contributed by atoms with Crippen LogP contribution in [0.3, 0.4) is 0 Å². The number of nitrogens with zero attached hydrogens (tertiary/aromatic N) is 1. The minimum atomic E-state index is -0.0112. The van der Waals surface area contributed by atoms with Gasteiger partial charge in [0.1, 0.15) is 18.5 Å². The highest BCUT2D eigenvalue weighted by Gasteiger charge is 2.29. The van der Waals surface area contributed by atoms with Crippen molar-refractivity contribution < 1.29 is 14.3 Å². The van der Waals surface area contributed by atoms with Gasteiger partial charge in [0, 0.05) is 12.1 Å². The Morgan fingerprint density at radius 3 is 2.60 bits per heavy atom. The van der Waals surface area contributed by atoms with Crippen molar-refractivity contribution in [3.8, 4) is 11.6 Å². The second-order valence-corrected chi connectivity index (χ2v) is 4.52. The Morgan fingerprint density at radius 2 is 2.10 bits per heavy atom. The second-order valence-electron chi connectivity index (χ2n) is 4.52. The zero-order valence-electron chi connectivity index (χ0n) is 12.7. The Kier molecular flexibility index (Phi) is 7.01. The third-order valence-corrected chi connectivity index (χ3v) is 2.94. The second kappa shape index (κ2) is 8.53. The molecule has 1 N–H and O–H groups in total. The summed E-state index contributed by atoms with van der Waals surface area (Å²) in [6.07, 6.45) is 3.85. The van der Waals surface area contributed by atoms with Crippen LogP contribution in [0.15, 0.2) is 18.3 Å². The summed E-state index contributed by atoms with van der Waals surface area (Å²) in [5, 5.41) is 3.20. The molecule has 1 saturated carbocycles. The number of rotatable bonds is 6. The molecule has 5 heteroatoms. The Morgan fingerprint density at radius 1 is 1.40 bits per heavy atom. The van der Waals surface area contributed by atoms with Crippen LogP contribution in [0.4, 0.5) is 0 Å². The largest absolute Gasteiger partial charge is 0.484 e. The maximum Gasteiger partial charge on any atom is 0.213 e. The molecule has 0 radical (unpaired) electrons. The molecule has 1 aromatic rings. The monoisotopic (exact) mass is 280 g/mol. The molecule has 1 fully saturated rings. The van der Waals surface area contributed by atoms with Crippen molar-refractivity contribution in [1.82, 2.24) is 10.3 Å². The number of pyridine rings is 1. The molecule has 0 atom stereocenters. The van der Waals surface area contributed by atoms with Gasteiger partial charge in [0.05, 0.1) is 6.20 Å². The van der Waals surface area contributed by atoms with Crippen molar-refractivity contribution >= 4 is 5.78 Å². The van der Waals surface area contributed by atoms with Crippen molar-refractivity contribution in [2.24, 2.45) is 0 Å². The average molecular weight is 280 g/mol. The van der Waals surface area contributed by atoms with Gasteiger partial charge < -0.3 is 14.8 Å². The Bertz CT molecular complexity index is 400.